The summed E-state index contributed by atoms with van der Waals surface area (Å²) in [7, 11) is 0. The highest BCUT2D eigenvalue weighted by molar-refractivity contribution is 6.00. The Labute approximate surface area is 163 Å². The monoisotopic (exact) mass is 378 g/mol. The fourth-order valence-corrected chi connectivity index (χ4v) is 3.60. The van der Waals surface area contributed by atoms with Gasteiger partial charge in [0.05, 0.1) is 6.04 Å². The fraction of sp³-hybridized carbons (Fsp3) is 0.333. The lowest BCUT2D eigenvalue weighted by Gasteiger charge is -2.39. The lowest BCUT2D eigenvalue weighted by atomic mass is 10.1. The van der Waals surface area contributed by atoms with Crippen molar-refractivity contribution in [1.82, 2.24) is 20.1 Å². The maximum atomic E-state index is 12.3. The van der Waals surface area contributed by atoms with E-state index in [4.69, 9.17) is 0 Å². The normalized spacial score (nSPS) is 15.9. The minimum atomic E-state index is -0.188. The molecule has 1 fully saturated rings. The third-order valence-electron chi connectivity index (χ3n) is 5.15. The first-order valence-corrected chi connectivity index (χ1v) is 9.44. The van der Waals surface area contributed by atoms with Crippen LogP contribution in [0.3, 0.4) is 0 Å². The molecule has 0 radical (unpaired) electrons. The zero-order valence-electron chi connectivity index (χ0n) is 15.5. The molecule has 1 N–H and O–H groups in total. The number of likely N-dealkylation sites (tertiary alicyclic amines) is 1. The first-order chi connectivity index (χ1) is 13.6. The number of aryl methyl sites for hydroxylation is 1. The number of benzene rings is 1. The average molecular weight is 378 g/mol. The number of hydrogen-bond acceptors (Lipinski definition) is 4. The first-order valence-electron chi connectivity index (χ1n) is 9.44. The average Bonchev–Trinajstić information content (AvgIpc) is 2.99. The van der Waals surface area contributed by atoms with Crippen LogP contribution in [0.15, 0.2) is 48.7 Å². The highest BCUT2D eigenvalue weighted by atomic mass is 16.2. The molecule has 4 rings (SSSR count). The molecule has 7 nitrogen and oxygen atoms in total. The molecular weight excluding hydrogens is 356 g/mol. The smallest absolute Gasteiger partial charge is 0.254 e. The van der Waals surface area contributed by atoms with Gasteiger partial charge in [-0.05, 0) is 30.2 Å². The number of fused-ring (bicyclic) bond motifs is 1. The van der Waals surface area contributed by atoms with Crippen LogP contribution in [-0.2, 0) is 22.6 Å². The van der Waals surface area contributed by atoms with E-state index in [9.17, 15) is 14.4 Å². The number of aromatic nitrogens is 1. The van der Waals surface area contributed by atoms with Gasteiger partial charge in [0.1, 0.15) is 6.54 Å². The van der Waals surface area contributed by atoms with Gasteiger partial charge >= 0.3 is 0 Å². The first kappa shape index (κ1) is 18.2. The van der Waals surface area contributed by atoms with E-state index < -0.39 is 0 Å². The second kappa shape index (κ2) is 7.80. The molecule has 144 valence electrons. The van der Waals surface area contributed by atoms with Crippen LogP contribution in [0.4, 0.5) is 0 Å². The zero-order valence-corrected chi connectivity index (χ0v) is 15.5. The Morgan fingerprint density at radius 3 is 2.64 bits per heavy atom. The molecule has 7 heteroatoms. The molecule has 1 aromatic carbocycles. The highest BCUT2D eigenvalue weighted by Gasteiger charge is 2.33. The van der Waals surface area contributed by atoms with E-state index in [1.54, 1.807) is 22.1 Å². The van der Waals surface area contributed by atoms with Crippen molar-refractivity contribution in [2.45, 2.75) is 25.4 Å². The van der Waals surface area contributed by atoms with Gasteiger partial charge < -0.3 is 15.1 Å². The quantitative estimate of drug-likeness (QED) is 0.813. The number of hydrogen-bond donors (Lipinski definition) is 1. The molecule has 3 heterocycles. The molecule has 1 aromatic heterocycles. The van der Waals surface area contributed by atoms with Crippen molar-refractivity contribution in [1.29, 1.82) is 0 Å². The molecular formula is C21H22N4O3. The lowest BCUT2D eigenvalue weighted by molar-refractivity contribution is -0.138. The SMILES string of the molecule is O=C(CN1Cc2ccccc2C1=O)NC1CN(C(=O)CCc2ccccn2)C1. The summed E-state index contributed by atoms with van der Waals surface area (Å²) >= 11 is 0. The Balaban J connectivity index is 1.18. The van der Waals surface area contributed by atoms with E-state index in [0.29, 0.717) is 38.0 Å². The Bertz CT molecular complexity index is 894. The number of rotatable bonds is 6. The van der Waals surface area contributed by atoms with E-state index >= 15 is 0 Å². The molecule has 0 spiro atoms. The van der Waals surface area contributed by atoms with Crippen molar-refractivity contribution in [3.05, 3.63) is 65.5 Å². The number of carbonyl (C=O) groups is 3. The molecule has 28 heavy (non-hydrogen) atoms. The fourth-order valence-electron chi connectivity index (χ4n) is 3.60. The minimum absolute atomic E-state index is 0.0393. The van der Waals surface area contributed by atoms with Crippen LogP contribution >= 0.6 is 0 Å². The molecule has 2 aromatic rings. The van der Waals surface area contributed by atoms with Gasteiger partial charge in [0, 0.05) is 43.5 Å². The van der Waals surface area contributed by atoms with Gasteiger partial charge in [-0.25, -0.2) is 0 Å². The summed E-state index contributed by atoms with van der Waals surface area (Å²) in [5.74, 6) is -0.223. The lowest BCUT2D eigenvalue weighted by Crippen LogP contribution is -2.61. The topological polar surface area (TPSA) is 82.6 Å². The third kappa shape index (κ3) is 3.88. The standard InChI is InChI=1S/C21H22N4O3/c26-19(14-25-11-15-5-1-2-7-18(15)21(25)28)23-17-12-24(13-17)20(27)9-8-16-6-3-4-10-22-16/h1-7,10,17H,8-9,11-14H2,(H,23,26). The van der Waals surface area contributed by atoms with Crippen LogP contribution in [0.1, 0.15) is 28.0 Å². The summed E-state index contributed by atoms with van der Waals surface area (Å²) in [6, 6.07) is 13.0. The number of amides is 3. The second-order valence-electron chi connectivity index (χ2n) is 7.20. The Morgan fingerprint density at radius 1 is 1.11 bits per heavy atom. The van der Waals surface area contributed by atoms with E-state index in [1.807, 2.05) is 36.4 Å². The predicted octanol–water partition coefficient (Wildman–Crippen LogP) is 0.997. The Morgan fingerprint density at radius 2 is 1.89 bits per heavy atom. The van der Waals surface area contributed by atoms with Crippen molar-refractivity contribution >= 4 is 17.7 Å². The molecule has 1 saturated heterocycles. The summed E-state index contributed by atoms with van der Waals surface area (Å²) in [6.45, 7) is 1.53. The van der Waals surface area contributed by atoms with Gasteiger partial charge in [-0.3, -0.25) is 19.4 Å². The number of nitrogens with zero attached hydrogens (tertiary/aromatic N) is 3. The van der Waals surface area contributed by atoms with Gasteiger partial charge in [0.25, 0.3) is 5.91 Å². The molecule has 0 saturated carbocycles. The summed E-state index contributed by atoms with van der Waals surface area (Å²) in [6.07, 6.45) is 2.75. The Hall–Kier alpha value is -3.22. The molecule has 0 atom stereocenters. The zero-order chi connectivity index (χ0) is 19.5. The molecule has 2 aliphatic heterocycles. The molecule has 0 bridgehead atoms. The van der Waals surface area contributed by atoms with Gasteiger partial charge in [0.2, 0.25) is 11.8 Å². The van der Waals surface area contributed by atoms with Crippen molar-refractivity contribution in [2.75, 3.05) is 19.6 Å². The van der Waals surface area contributed by atoms with E-state index in [0.717, 1.165) is 11.3 Å². The van der Waals surface area contributed by atoms with E-state index in [1.165, 1.54) is 0 Å². The number of nitrogens with one attached hydrogen (secondary N) is 1. The van der Waals surface area contributed by atoms with Crippen LogP contribution < -0.4 is 5.32 Å². The second-order valence-corrected chi connectivity index (χ2v) is 7.20. The molecule has 2 aliphatic rings. The predicted molar refractivity (Wildman–Crippen MR) is 102 cm³/mol. The Kier molecular flexibility index (Phi) is 5.06. The van der Waals surface area contributed by atoms with Gasteiger partial charge in [-0.1, -0.05) is 24.3 Å². The van der Waals surface area contributed by atoms with Crippen molar-refractivity contribution in [2.24, 2.45) is 0 Å². The van der Waals surface area contributed by atoms with Gasteiger partial charge in [0.15, 0.2) is 0 Å². The van der Waals surface area contributed by atoms with Crippen LogP contribution in [0.2, 0.25) is 0 Å². The summed E-state index contributed by atoms with van der Waals surface area (Å²) in [4.78, 5) is 44.3. The summed E-state index contributed by atoms with van der Waals surface area (Å²) in [5, 5.41) is 2.91. The number of pyridine rings is 1. The minimum Gasteiger partial charge on any atom is -0.348 e. The van der Waals surface area contributed by atoms with Crippen LogP contribution in [0.5, 0.6) is 0 Å². The highest BCUT2D eigenvalue weighted by Crippen LogP contribution is 2.21. The molecule has 3 amide bonds. The molecule has 0 aliphatic carbocycles. The van der Waals surface area contributed by atoms with Gasteiger partial charge in [-0.2, -0.15) is 0 Å². The third-order valence-corrected chi connectivity index (χ3v) is 5.15. The van der Waals surface area contributed by atoms with Crippen molar-refractivity contribution in [3.63, 3.8) is 0 Å². The van der Waals surface area contributed by atoms with Crippen LogP contribution in [0, 0.1) is 0 Å². The van der Waals surface area contributed by atoms with Crippen LogP contribution in [-0.4, -0.2) is 58.2 Å². The van der Waals surface area contributed by atoms with Crippen molar-refractivity contribution in [3.8, 4) is 0 Å². The summed E-state index contributed by atoms with van der Waals surface area (Å²) in [5.41, 5.74) is 2.52. The number of carbonyl (C=O) groups excluding carboxylic acids is 3. The largest absolute Gasteiger partial charge is 0.348 e. The maximum absolute atomic E-state index is 12.3. The van der Waals surface area contributed by atoms with Crippen LogP contribution in [0.25, 0.3) is 0 Å². The van der Waals surface area contributed by atoms with E-state index in [-0.39, 0.29) is 30.3 Å². The van der Waals surface area contributed by atoms with Crippen molar-refractivity contribution < 1.29 is 14.4 Å². The van der Waals surface area contributed by atoms with E-state index in [2.05, 4.69) is 10.3 Å². The van der Waals surface area contributed by atoms with Gasteiger partial charge in [-0.15, -0.1) is 0 Å². The maximum Gasteiger partial charge on any atom is 0.254 e. The molecule has 0 unspecified atom stereocenters. The summed E-state index contributed by atoms with van der Waals surface area (Å²) < 4.78 is 0.